The van der Waals surface area contributed by atoms with Crippen molar-refractivity contribution in [2.45, 2.75) is 11.6 Å². The predicted octanol–water partition coefficient (Wildman–Crippen LogP) is 2.38. The van der Waals surface area contributed by atoms with Crippen LogP contribution in [-0.2, 0) is 4.79 Å². The minimum Gasteiger partial charge on any atom is -0.421 e. The summed E-state index contributed by atoms with van der Waals surface area (Å²) in [5.41, 5.74) is -0.755. The normalized spacial score (nSPS) is 23.7. The number of para-hydroxylation sites is 1. The van der Waals surface area contributed by atoms with E-state index in [1.54, 1.807) is 48.5 Å². The molecule has 0 radical (unpaired) electrons. The summed E-state index contributed by atoms with van der Waals surface area (Å²) in [4.78, 5) is 22.3. The lowest BCUT2D eigenvalue weighted by Gasteiger charge is -2.20. The average Bonchev–Trinajstić information content (AvgIpc) is 2.83. The maximum absolute atomic E-state index is 11.5. The molecule has 5 heteroatoms. The van der Waals surface area contributed by atoms with Crippen molar-refractivity contribution in [1.29, 1.82) is 0 Å². The maximum Gasteiger partial charge on any atom is 0.430 e. The summed E-state index contributed by atoms with van der Waals surface area (Å²) in [6.45, 7) is 0. The van der Waals surface area contributed by atoms with Crippen LogP contribution in [0.1, 0.15) is 17.0 Å². The molecular formula is C15H11NO4. The molecular weight excluding hydrogens is 258 g/mol. The van der Waals surface area contributed by atoms with Crippen LogP contribution in [0.3, 0.4) is 0 Å². The zero-order valence-electron chi connectivity index (χ0n) is 10.4. The van der Waals surface area contributed by atoms with Crippen LogP contribution in [0.25, 0.3) is 0 Å². The molecule has 100 valence electrons. The lowest BCUT2D eigenvalue weighted by molar-refractivity contribution is -0.592. The van der Waals surface area contributed by atoms with Gasteiger partial charge in [-0.25, -0.2) is 0 Å². The van der Waals surface area contributed by atoms with Crippen molar-refractivity contribution in [2.24, 2.45) is 0 Å². The Labute approximate surface area is 115 Å². The molecule has 2 atom stereocenters. The zero-order chi connectivity index (χ0) is 14.2. The van der Waals surface area contributed by atoms with E-state index in [4.69, 9.17) is 4.74 Å². The number of nitrogens with zero attached hydrogens (tertiary/aromatic N) is 1. The second-order valence-corrected chi connectivity index (χ2v) is 4.61. The van der Waals surface area contributed by atoms with Crippen molar-refractivity contribution in [2.75, 3.05) is 0 Å². The van der Waals surface area contributed by atoms with E-state index in [9.17, 15) is 14.9 Å². The molecule has 0 aromatic heterocycles. The third kappa shape index (κ3) is 1.60. The fourth-order valence-electron chi connectivity index (χ4n) is 2.61. The molecule has 0 fully saturated rings. The van der Waals surface area contributed by atoms with Gasteiger partial charge in [0.2, 0.25) is 6.29 Å². The lowest BCUT2D eigenvalue weighted by atomic mass is 9.85. The van der Waals surface area contributed by atoms with Crippen LogP contribution in [0.15, 0.2) is 54.6 Å². The highest BCUT2D eigenvalue weighted by molar-refractivity contribution is 5.69. The van der Waals surface area contributed by atoms with Crippen LogP contribution in [0.2, 0.25) is 0 Å². The Kier molecular flexibility index (Phi) is 2.75. The Hall–Kier alpha value is -2.69. The van der Waals surface area contributed by atoms with Gasteiger partial charge in [0.25, 0.3) is 0 Å². The van der Waals surface area contributed by atoms with Crippen LogP contribution in [-0.4, -0.2) is 16.9 Å². The SMILES string of the molecule is O=CC1([N+](=O)[O-])Oc2ccccc2C1c1ccccc1. The molecule has 0 saturated carbocycles. The third-order valence-electron chi connectivity index (χ3n) is 3.50. The minimum absolute atomic E-state index is 0.282. The number of fused-ring (bicyclic) bond motifs is 1. The first-order valence-corrected chi connectivity index (χ1v) is 6.13. The van der Waals surface area contributed by atoms with E-state index in [0.29, 0.717) is 16.9 Å². The van der Waals surface area contributed by atoms with E-state index in [-0.39, 0.29) is 6.29 Å². The second kappa shape index (κ2) is 4.45. The Balaban J connectivity index is 2.24. The number of carbonyl (C=O) groups is 1. The average molecular weight is 269 g/mol. The first-order chi connectivity index (χ1) is 9.69. The van der Waals surface area contributed by atoms with Gasteiger partial charge < -0.3 is 4.74 Å². The molecule has 2 unspecified atom stereocenters. The molecule has 1 heterocycles. The highest BCUT2D eigenvalue weighted by Gasteiger charge is 2.60. The second-order valence-electron chi connectivity index (χ2n) is 4.61. The Morgan fingerprint density at radius 1 is 1.10 bits per heavy atom. The fraction of sp³-hybridized carbons (Fsp3) is 0.133. The third-order valence-corrected chi connectivity index (χ3v) is 3.50. The van der Waals surface area contributed by atoms with Crippen molar-refractivity contribution >= 4 is 6.29 Å². The molecule has 0 spiro atoms. The fourth-order valence-corrected chi connectivity index (χ4v) is 2.61. The molecule has 2 aromatic carbocycles. The number of nitro groups is 1. The van der Waals surface area contributed by atoms with E-state index >= 15 is 0 Å². The van der Waals surface area contributed by atoms with Crippen LogP contribution < -0.4 is 4.74 Å². The van der Waals surface area contributed by atoms with Gasteiger partial charge in [0, 0.05) is 5.56 Å². The van der Waals surface area contributed by atoms with Gasteiger partial charge in [0.15, 0.2) is 0 Å². The van der Waals surface area contributed by atoms with E-state index < -0.39 is 16.6 Å². The molecule has 0 saturated heterocycles. The maximum atomic E-state index is 11.5. The van der Waals surface area contributed by atoms with Gasteiger partial charge in [0.05, 0.1) is 4.92 Å². The summed E-state index contributed by atoms with van der Waals surface area (Å²) in [6, 6.07) is 15.8. The van der Waals surface area contributed by atoms with Gasteiger partial charge in [-0.05, 0) is 11.6 Å². The monoisotopic (exact) mass is 269 g/mol. The van der Waals surface area contributed by atoms with Crippen LogP contribution in [0, 0.1) is 10.1 Å². The summed E-state index contributed by atoms with van der Waals surface area (Å²) in [7, 11) is 0. The van der Waals surface area contributed by atoms with Crippen LogP contribution in [0.5, 0.6) is 5.75 Å². The first-order valence-electron chi connectivity index (χ1n) is 6.13. The molecule has 20 heavy (non-hydrogen) atoms. The molecule has 5 nitrogen and oxygen atoms in total. The van der Waals surface area contributed by atoms with Gasteiger partial charge in [0.1, 0.15) is 11.7 Å². The largest absolute Gasteiger partial charge is 0.430 e. The number of rotatable bonds is 3. The van der Waals surface area contributed by atoms with Crippen LogP contribution >= 0.6 is 0 Å². The first kappa shape index (κ1) is 12.3. The van der Waals surface area contributed by atoms with E-state index in [0.717, 1.165) is 0 Å². The molecule has 0 N–H and O–H groups in total. The number of ether oxygens (including phenoxy) is 1. The topological polar surface area (TPSA) is 69.4 Å². The smallest absolute Gasteiger partial charge is 0.421 e. The van der Waals surface area contributed by atoms with Crippen molar-refractivity contribution in [1.82, 2.24) is 0 Å². The highest BCUT2D eigenvalue weighted by atomic mass is 16.7. The van der Waals surface area contributed by atoms with Gasteiger partial charge in [-0.1, -0.05) is 48.5 Å². The van der Waals surface area contributed by atoms with Crippen molar-refractivity contribution in [3.05, 3.63) is 75.8 Å². The summed E-state index contributed by atoms with van der Waals surface area (Å²) in [5, 5.41) is 11.5. The van der Waals surface area contributed by atoms with E-state index in [1.165, 1.54) is 0 Å². The molecule has 0 bridgehead atoms. The zero-order valence-corrected chi connectivity index (χ0v) is 10.4. The molecule has 0 aliphatic carbocycles. The Morgan fingerprint density at radius 2 is 1.75 bits per heavy atom. The number of carbonyl (C=O) groups excluding carboxylic acids is 1. The summed E-state index contributed by atoms with van der Waals surface area (Å²) in [6.07, 6.45) is 0.282. The van der Waals surface area contributed by atoms with Gasteiger partial charge in [-0.15, -0.1) is 0 Å². The predicted molar refractivity (Wildman–Crippen MR) is 71.1 cm³/mol. The number of hydrogen-bond donors (Lipinski definition) is 0. The summed E-state index contributed by atoms with van der Waals surface area (Å²) >= 11 is 0. The van der Waals surface area contributed by atoms with Crippen molar-refractivity contribution < 1.29 is 14.5 Å². The molecule has 1 aliphatic heterocycles. The van der Waals surface area contributed by atoms with Crippen LogP contribution in [0.4, 0.5) is 0 Å². The standard InChI is InChI=1S/C15H11NO4/c17-10-15(16(18)19)14(11-6-2-1-3-7-11)12-8-4-5-9-13(12)20-15/h1-10,14H. The number of benzene rings is 2. The molecule has 0 amide bonds. The number of hydrogen-bond acceptors (Lipinski definition) is 4. The summed E-state index contributed by atoms with van der Waals surface area (Å²) in [5.74, 6) is -0.363. The Bertz CT molecular complexity index is 671. The molecule has 1 aliphatic rings. The number of aldehydes is 1. The van der Waals surface area contributed by atoms with E-state index in [1.807, 2.05) is 6.07 Å². The molecule has 3 rings (SSSR count). The van der Waals surface area contributed by atoms with Crippen molar-refractivity contribution in [3.63, 3.8) is 0 Å². The van der Waals surface area contributed by atoms with Gasteiger partial charge in [-0.2, -0.15) is 0 Å². The Morgan fingerprint density at radius 3 is 2.40 bits per heavy atom. The molecule has 2 aromatic rings. The van der Waals surface area contributed by atoms with Gasteiger partial charge in [-0.3, -0.25) is 14.9 Å². The highest BCUT2D eigenvalue weighted by Crippen LogP contribution is 2.47. The van der Waals surface area contributed by atoms with E-state index in [2.05, 4.69) is 0 Å². The summed E-state index contributed by atoms with van der Waals surface area (Å²) < 4.78 is 5.41. The minimum atomic E-state index is -2.09. The van der Waals surface area contributed by atoms with Crippen molar-refractivity contribution in [3.8, 4) is 5.75 Å². The lowest BCUT2D eigenvalue weighted by Crippen LogP contribution is -2.48. The van der Waals surface area contributed by atoms with Gasteiger partial charge >= 0.3 is 5.72 Å². The quantitative estimate of drug-likeness (QED) is 0.487.